The van der Waals surface area contributed by atoms with Crippen LogP contribution in [0.2, 0.25) is 0 Å². The Bertz CT molecular complexity index is 402. The third-order valence-electron chi connectivity index (χ3n) is 2.73. The molecule has 0 radical (unpaired) electrons. The number of halogens is 1. The van der Waals surface area contributed by atoms with E-state index in [0.717, 1.165) is 19.4 Å². The van der Waals surface area contributed by atoms with E-state index in [0.29, 0.717) is 23.1 Å². The summed E-state index contributed by atoms with van der Waals surface area (Å²) >= 11 is 5.97. The van der Waals surface area contributed by atoms with Crippen LogP contribution in [0, 0.1) is 10.8 Å². The third-order valence-corrected chi connectivity index (χ3v) is 3.19. The van der Waals surface area contributed by atoms with Crippen LogP contribution in [0.5, 0.6) is 0 Å². The Hall–Kier alpha value is -1.36. The molecular weight excluding hydrogens is 228 g/mol. The van der Waals surface area contributed by atoms with Crippen molar-refractivity contribution >= 4 is 29.1 Å². The highest BCUT2D eigenvalue weighted by atomic mass is 35.5. The maximum Gasteiger partial charge on any atom is 0.230 e. The van der Waals surface area contributed by atoms with E-state index < -0.39 is 0 Å². The van der Waals surface area contributed by atoms with Gasteiger partial charge in [0.15, 0.2) is 0 Å². The summed E-state index contributed by atoms with van der Waals surface area (Å²) in [4.78, 5) is 13.1. The monoisotopic (exact) mass is 240 g/mol. The molecule has 0 aliphatic carbocycles. The molecule has 2 rings (SSSR count). The van der Waals surface area contributed by atoms with Crippen molar-refractivity contribution in [2.75, 3.05) is 13.1 Å². The molecule has 2 heterocycles. The molecule has 1 fully saturated rings. The van der Waals surface area contributed by atoms with Gasteiger partial charge in [-0.05, 0) is 6.42 Å². The van der Waals surface area contributed by atoms with Gasteiger partial charge < -0.3 is 15.6 Å². The molecule has 16 heavy (non-hydrogen) atoms. The van der Waals surface area contributed by atoms with E-state index in [-0.39, 0.29) is 18.0 Å². The van der Waals surface area contributed by atoms with Gasteiger partial charge in [-0.15, -0.1) is 0 Å². The molecule has 0 bridgehead atoms. The molecule has 0 unspecified atom stereocenters. The van der Waals surface area contributed by atoms with E-state index in [1.165, 1.54) is 0 Å². The zero-order valence-corrected chi connectivity index (χ0v) is 9.52. The first-order valence-electron chi connectivity index (χ1n) is 5.16. The van der Waals surface area contributed by atoms with Gasteiger partial charge >= 0.3 is 0 Å². The molecule has 3 N–H and O–H groups in total. The highest BCUT2D eigenvalue weighted by molar-refractivity contribution is 6.45. The Morgan fingerprint density at radius 1 is 1.44 bits per heavy atom. The second-order valence-corrected chi connectivity index (χ2v) is 4.35. The maximum absolute atomic E-state index is 11.3. The number of hydrogen-bond donors (Lipinski definition) is 3. The second-order valence-electron chi connectivity index (χ2n) is 3.97. The van der Waals surface area contributed by atoms with E-state index in [2.05, 4.69) is 5.32 Å². The van der Waals surface area contributed by atoms with Crippen LogP contribution >= 0.6 is 11.6 Å². The van der Waals surface area contributed by atoms with Gasteiger partial charge in [-0.3, -0.25) is 10.2 Å². The fourth-order valence-electron chi connectivity index (χ4n) is 1.89. The molecule has 0 spiro atoms. The largest absolute Gasteiger partial charge is 0.355 e. The van der Waals surface area contributed by atoms with Gasteiger partial charge in [0.05, 0.1) is 35.2 Å². The maximum atomic E-state index is 11.3. The average Bonchev–Trinajstić information content (AvgIpc) is 2.60. The lowest BCUT2D eigenvalue weighted by molar-refractivity contribution is -0.119. The van der Waals surface area contributed by atoms with E-state index >= 15 is 0 Å². The molecule has 0 aromatic rings. The van der Waals surface area contributed by atoms with Gasteiger partial charge in [-0.25, -0.2) is 0 Å². The van der Waals surface area contributed by atoms with Gasteiger partial charge in [-0.2, -0.15) is 0 Å². The Morgan fingerprint density at radius 2 is 2.19 bits per heavy atom. The highest BCUT2D eigenvalue weighted by Gasteiger charge is 2.25. The van der Waals surface area contributed by atoms with Gasteiger partial charge in [0.2, 0.25) is 5.91 Å². The van der Waals surface area contributed by atoms with E-state index in [9.17, 15) is 4.79 Å². The molecule has 0 saturated carbocycles. The number of amides is 1. The molecule has 2 aliphatic rings. The first kappa shape index (κ1) is 11.1. The van der Waals surface area contributed by atoms with Gasteiger partial charge in [-0.1, -0.05) is 11.6 Å². The molecule has 0 atom stereocenters. The topological polar surface area (TPSA) is 80.0 Å². The van der Waals surface area contributed by atoms with Crippen molar-refractivity contribution in [3.63, 3.8) is 0 Å². The number of likely N-dealkylation sites (tertiary alicyclic amines) is 1. The number of nitrogens with one attached hydrogen (secondary N) is 3. The number of carbonyl (C=O) groups excluding carboxylic acids is 1. The summed E-state index contributed by atoms with van der Waals surface area (Å²) in [6.07, 6.45) is 1.78. The predicted octanol–water partition coefficient (Wildman–Crippen LogP) is 1.05. The molecule has 86 valence electrons. The van der Waals surface area contributed by atoms with Crippen LogP contribution < -0.4 is 5.32 Å². The van der Waals surface area contributed by atoms with E-state index in [1.807, 2.05) is 4.90 Å². The first-order chi connectivity index (χ1) is 7.58. The summed E-state index contributed by atoms with van der Waals surface area (Å²) < 4.78 is 0. The Morgan fingerprint density at radius 3 is 2.81 bits per heavy atom. The first-order valence-corrected chi connectivity index (χ1v) is 5.54. The van der Waals surface area contributed by atoms with Crippen LogP contribution in [-0.4, -0.2) is 35.4 Å². The normalized spacial score (nSPS) is 21.8. The number of allylic oxidation sites excluding steroid dienone is 1. The van der Waals surface area contributed by atoms with E-state index in [4.69, 9.17) is 22.4 Å². The van der Waals surface area contributed by atoms with Crippen LogP contribution in [0.3, 0.4) is 0 Å². The Balaban J connectivity index is 2.13. The minimum Gasteiger partial charge on any atom is -0.355 e. The van der Waals surface area contributed by atoms with Crippen molar-refractivity contribution in [2.45, 2.75) is 19.3 Å². The van der Waals surface area contributed by atoms with Crippen LogP contribution in [0.15, 0.2) is 10.7 Å². The molecule has 6 heteroatoms. The molecule has 5 nitrogen and oxygen atoms in total. The van der Waals surface area contributed by atoms with Crippen molar-refractivity contribution in [2.24, 2.45) is 0 Å². The van der Waals surface area contributed by atoms with Crippen LogP contribution in [0.1, 0.15) is 19.3 Å². The quantitative estimate of drug-likeness (QED) is 0.675. The standard InChI is InChI=1S/C10H13ClN4O/c11-10-6(12)4-9(16)14-7(10)5-15-3-1-2-8(15)13/h12-13H,1-5H2,(H,14,16). The lowest BCUT2D eigenvalue weighted by Gasteiger charge is -2.24. The second kappa shape index (κ2) is 4.25. The Kier molecular flexibility index (Phi) is 2.96. The molecule has 0 aromatic carbocycles. The SMILES string of the molecule is N=C1CC(=O)NC(CN2CCCC2=N)=C1Cl. The average molecular weight is 241 g/mol. The minimum absolute atomic E-state index is 0.0414. The molecule has 2 aliphatic heterocycles. The fourth-order valence-corrected chi connectivity index (χ4v) is 2.07. The van der Waals surface area contributed by atoms with Crippen molar-refractivity contribution < 1.29 is 4.79 Å². The summed E-state index contributed by atoms with van der Waals surface area (Å²) in [7, 11) is 0. The van der Waals surface area contributed by atoms with Crippen LogP contribution in [-0.2, 0) is 4.79 Å². The fraction of sp³-hybridized carbons (Fsp3) is 0.500. The molecule has 0 aromatic heterocycles. The molecular formula is C10H13ClN4O. The molecule has 1 saturated heterocycles. The lowest BCUT2D eigenvalue weighted by Crippen LogP contribution is -2.38. The summed E-state index contributed by atoms with van der Waals surface area (Å²) in [6.45, 7) is 1.24. The molecule has 1 amide bonds. The lowest BCUT2D eigenvalue weighted by atomic mass is 10.1. The highest BCUT2D eigenvalue weighted by Crippen LogP contribution is 2.19. The van der Waals surface area contributed by atoms with Crippen LogP contribution in [0.4, 0.5) is 0 Å². The zero-order chi connectivity index (χ0) is 11.7. The summed E-state index contributed by atoms with van der Waals surface area (Å²) in [5.74, 6) is 0.374. The smallest absolute Gasteiger partial charge is 0.230 e. The number of rotatable bonds is 2. The Labute approximate surface area is 98.5 Å². The minimum atomic E-state index is -0.199. The predicted molar refractivity (Wildman–Crippen MR) is 61.9 cm³/mol. The van der Waals surface area contributed by atoms with Crippen LogP contribution in [0.25, 0.3) is 0 Å². The summed E-state index contributed by atoms with van der Waals surface area (Å²) in [6, 6.07) is 0. The van der Waals surface area contributed by atoms with Crippen molar-refractivity contribution in [1.29, 1.82) is 10.8 Å². The van der Waals surface area contributed by atoms with Gasteiger partial charge in [0.25, 0.3) is 0 Å². The number of amidine groups is 1. The zero-order valence-electron chi connectivity index (χ0n) is 8.77. The van der Waals surface area contributed by atoms with E-state index in [1.54, 1.807) is 0 Å². The number of carbonyl (C=O) groups is 1. The number of hydrogen-bond acceptors (Lipinski definition) is 3. The van der Waals surface area contributed by atoms with Crippen molar-refractivity contribution in [1.82, 2.24) is 10.2 Å². The van der Waals surface area contributed by atoms with Crippen molar-refractivity contribution in [3.05, 3.63) is 10.7 Å². The van der Waals surface area contributed by atoms with Crippen molar-refractivity contribution in [3.8, 4) is 0 Å². The number of nitrogens with zero attached hydrogens (tertiary/aromatic N) is 1. The third kappa shape index (κ3) is 2.09. The van der Waals surface area contributed by atoms with Gasteiger partial charge in [0.1, 0.15) is 0 Å². The summed E-state index contributed by atoms with van der Waals surface area (Å²) in [5, 5.41) is 18.2. The summed E-state index contributed by atoms with van der Waals surface area (Å²) in [5.41, 5.74) is 0.709. The van der Waals surface area contributed by atoms with Gasteiger partial charge in [0, 0.05) is 13.0 Å².